The molecule has 2 rings (SSSR count). The fourth-order valence-corrected chi connectivity index (χ4v) is 2.75. The minimum absolute atomic E-state index is 0.736. The van der Waals surface area contributed by atoms with Crippen LogP contribution >= 0.6 is 56.8 Å². The van der Waals surface area contributed by atoms with Gasteiger partial charge in [0.25, 0.3) is 0 Å². The molecule has 3 nitrogen and oxygen atoms in total. The number of nitrogens with zero attached hydrogens (tertiary/aromatic N) is 2. The molecule has 17 heavy (non-hydrogen) atoms. The van der Waals surface area contributed by atoms with Crippen LogP contribution in [0.15, 0.2) is 24.5 Å². The fraction of sp³-hybridized carbons (Fsp3) is 0.182. The summed E-state index contributed by atoms with van der Waals surface area (Å²) in [5.74, 6) is 0. The molecule has 0 unspecified atom stereocenters. The fourth-order valence-electron chi connectivity index (χ4n) is 1.60. The third kappa shape index (κ3) is 2.77. The Morgan fingerprint density at radius 2 is 2.18 bits per heavy atom. The maximum absolute atomic E-state index is 6.24. The Labute approximate surface area is 132 Å². The van der Waals surface area contributed by atoms with Crippen molar-refractivity contribution in [1.82, 2.24) is 14.9 Å². The average molecular weight is 473 g/mol. The first-order chi connectivity index (χ1) is 8.15. The number of rotatable bonds is 3. The Morgan fingerprint density at radius 3 is 2.76 bits per heavy atom. The molecule has 0 saturated heterocycles. The van der Waals surface area contributed by atoms with E-state index in [9.17, 15) is 0 Å². The summed E-state index contributed by atoms with van der Waals surface area (Å²) in [6.45, 7) is 0.736. The molecule has 0 atom stereocenters. The second-order valence-electron chi connectivity index (χ2n) is 3.46. The molecular weight excluding hydrogens is 463 g/mol. The van der Waals surface area contributed by atoms with Crippen molar-refractivity contribution in [3.05, 3.63) is 42.5 Å². The van der Waals surface area contributed by atoms with E-state index in [-0.39, 0.29) is 0 Å². The lowest BCUT2D eigenvalue weighted by molar-refractivity contribution is 0.806. The normalized spacial score (nSPS) is 10.8. The van der Waals surface area contributed by atoms with Gasteiger partial charge in [0, 0.05) is 17.1 Å². The van der Waals surface area contributed by atoms with Crippen molar-refractivity contribution in [2.75, 3.05) is 7.05 Å². The van der Waals surface area contributed by atoms with E-state index in [4.69, 9.17) is 11.6 Å². The SMILES string of the molecule is CNCc1c(Cl)cccc1-n1cnc(I)c1I. The van der Waals surface area contributed by atoms with Gasteiger partial charge in [-0.2, -0.15) is 0 Å². The zero-order valence-corrected chi connectivity index (χ0v) is 14.1. The van der Waals surface area contributed by atoms with E-state index in [1.807, 2.05) is 25.5 Å². The van der Waals surface area contributed by atoms with E-state index in [2.05, 4.69) is 66.1 Å². The average Bonchev–Trinajstić information content (AvgIpc) is 2.63. The van der Waals surface area contributed by atoms with E-state index in [0.29, 0.717) is 0 Å². The van der Waals surface area contributed by atoms with Gasteiger partial charge in [-0.1, -0.05) is 17.7 Å². The van der Waals surface area contributed by atoms with Gasteiger partial charge in [0.15, 0.2) is 0 Å². The third-order valence-corrected chi connectivity index (χ3v) is 5.58. The number of halogens is 3. The number of aromatic nitrogens is 2. The van der Waals surface area contributed by atoms with Crippen molar-refractivity contribution in [3.8, 4) is 5.69 Å². The molecule has 0 aliphatic carbocycles. The van der Waals surface area contributed by atoms with Gasteiger partial charge in [-0.05, 0) is 64.4 Å². The summed E-state index contributed by atoms with van der Waals surface area (Å²) in [5, 5.41) is 3.91. The summed E-state index contributed by atoms with van der Waals surface area (Å²) < 4.78 is 4.15. The lowest BCUT2D eigenvalue weighted by Crippen LogP contribution is -2.10. The van der Waals surface area contributed by atoms with Crippen LogP contribution in [0.2, 0.25) is 5.02 Å². The van der Waals surface area contributed by atoms with Crippen molar-refractivity contribution in [3.63, 3.8) is 0 Å². The maximum Gasteiger partial charge on any atom is 0.133 e. The van der Waals surface area contributed by atoms with Gasteiger partial charge in [-0.25, -0.2) is 4.98 Å². The van der Waals surface area contributed by atoms with Crippen LogP contribution in [0.1, 0.15) is 5.56 Å². The zero-order chi connectivity index (χ0) is 12.4. The molecule has 6 heteroatoms. The molecule has 0 aliphatic heterocycles. The van der Waals surface area contributed by atoms with Crippen LogP contribution in [-0.2, 0) is 6.54 Å². The molecule has 0 amide bonds. The van der Waals surface area contributed by atoms with Gasteiger partial charge in [0.1, 0.15) is 13.7 Å². The highest BCUT2D eigenvalue weighted by Crippen LogP contribution is 2.26. The van der Waals surface area contributed by atoms with Crippen LogP contribution in [0.5, 0.6) is 0 Å². The Morgan fingerprint density at radius 1 is 1.41 bits per heavy atom. The molecule has 1 N–H and O–H groups in total. The number of imidazole rings is 1. The van der Waals surface area contributed by atoms with Crippen molar-refractivity contribution >= 4 is 56.8 Å². The largest absolute Gasteiger partial charge is 0.316 e. The highest BCUT2D eigenvalue weighted by atomic mass is 127. The summed E-state index contributed by atoms with van der Waals surface area (Å²) in [7, 11) is 1.91. The highest BCUT2D eigenvalue weighted by Gasteiger charge is 2.12. The molecule has 0 bridgehead atoms. The van der Waals surface area contributed by atoms with Gasteiger partial charge < -0.3 is 5.32 Å². The van der Waals surface area contributed by atoms with E-state index in [0.717, 1.165) is 30.2 Å². The standard InChI is InChI=1S/C11H10ClI2N3/c1-15-5-7-8(12)3-2-4-9(7)17-6-16-10(13)11(17)14/h2-4,6,15H,5H2,1H3. The van der Waals surface area contributed by atoms with Crippen molar-refractivity contribution in [1.29, 1.82) is 0 Å². The van der Waals surface area contributed by atoms with E-state index >= 15 is 0 Å². The van der Waals surface area contributed by atoms with Gasteiger partial charge in [-0.15, -0.1) is 0 Å². The molecule has 0 radical (unpaired) electrons. The quantitative estimate of drug-likeness (QED) is 0.693. The second-order valence-corrected chi connectivity index (χ2v) is 5.91. The molecule has 1 aromatic carbocycles. The summed E-state index contributed by atoms with van der Waals surface area (Å²) >= 11 is 10.8. The minimum atomic E-state index is 0.736. The maximum atomic E-state index is 6.24. The van der Waals surface area contributed by atoms with Gasteiger partial charge >= 0.3 is 0 Å². The van der Waals surface area contributed by atoms with Crippen molar-refractivity contribution < 1.29 is 0 Å². The Kier molecular flexibility index (Phi) is 4.67. The number of benzene rings is 1. The molecule has 0 aliphatic rings. The van der Waals surface area contributed by atoms with Crippen LogP contribution in [0.4, 0.5) is 0 Å². The van der Waals surface area contributed by atoms with Crippen LogP contribution < -0.4 is 5.32 Å². The molecule has 1 aromatic heterocycles. The topological polar surface area (TPSA) is 29.9 Å². The van der Waals surface area contributed by atoms with E-state index < -0.39 is 0 Å². The van der Waals surface area contributed by atoms with Crippen molar-refractivity contribution in [2.24, 2.45) is 0 Å². The molecule has 0 spiro atoms. The van der Waals surface area contributed by atoms with Crippen LogP contribution in [0.3, 0.4) is 0 Å². The molecular formula is C11H10ClI2N3. The van der Waals surface area contributed by atoms with Crippen LogP contribution in [0, 0.1) is 7.40 Å². The first-order valence-corrected chi connectivity index (χ1v) is 7.49. The number of hydrogen-bond donors (Lipinski definition) is 1. The smallest absolute Gasteiger partial charge is 0.133 e. The van der Waals surface area contributed by atoms with Crippen molar-refractivity contribution in [2.45, 2.75) is 6.54 Å². The molecule has 0 saturated carbocycles. The second kappa shape index (κ2) is 5.85. The molecule has 90 valence electrons. The Hall–Kier alpha value is 0.140. The van der Waals surface area contributed by atoms with E-state index in [1.54, 1.807) is 0 Å². The molecule has 0 fully saturated rings. The first kappa shape index (κ1) is 13.6. The van der Waals surface area contributed by atoms with E-state index in [1.165, 1.54) is 0 Å². The first-order valence-electron chi connectivity index (χ1n) is 4.96. The van der Waals surface area contributed by atoms with Gasteiger partial charge in [0.05, 0.1) is 5.69 Å². The predicted molar refractivity (Wildman–Crippen MR) is 86.8 cm³/mol. The minimum Gasteiger partial charge on any atom is -0.316 e. The summed E-state index contributed by atoms with van der Waals surface area (Å²) in [6.07, 6.45) is 1.83. The van der Waals surface area contributed by atoms with Crippen LogP contribution in [-0.4, -0.2) is 16.6 Å². The molecule has 2 aromatic rings. The highest BCUT2D eigenvalue weighted by molar-refractivity contribution is 14.1. The monoisotopic (exact) mass is 473 g/mol. The summed E-state index contributed by atoms with van der Waals surface area (Å²) in [6, 6.07) is 5.92. The lowest BCUT2D eigenvalue weighted by Gasteiger charge is -2.12. The summed E-state index contributed by atoms with van der Waals surface area (Å²) in [5.41, 5.74) is 2.16. The number of hydrogen-bond acceptors (Lipinski definition) is 2. The zero-order valence-electron chi connectivity index (χ0n) is 9.04. The Balaban J connectivity index is 2.59. The number of nitrogens with one attached hydrogen (secondary N) is 1. The Bertz CT molecular complexity index is 540. The predicted octanol–water partition coefficient (Wildman–Crippen LogP) is 3.45. The van der Waals surface area contributed by atoms with Crippen LogP contribution in [0.25, 0.3) is 5.69 Å². The lowest BCUT2D eigenvalue weighted by atomic mass is 10.1. The summed E-state index contributed by atoms with van der Waals surface area (Å²) in [4.78, 5) is 4.30. The third-order valence-electron chi connectivity index (χ3n) is 2.38. The molecule has 1 heterocycles. The van der Waals surface area contributed by atoms with Gasteiger partial charge in [-0.3, -0.25) is 4.57 Å². The van der Waals surface area contributed by atoms with Gasteiger partial charge in [0.2, 0.25) is 0 Å².